The van der Waals surface area contributed by atoms with Crippen molar-refractivity contribution in [2.75, 3.05) is 25.5 Å². The summed E-state index contributed by atoms with van der Waals surface area (Å²) in [5, 5.41) is 11.8. The molecule has 0 spiro atoms. The fraction of sp³-hybridized carbons (Fsp3) is 0.304. The number of ether oxygens (including phenoxy) is 1. The average Bonchev–Trinajstić information content (AvgIpc) is 3.29. The molecule has 2 heterocycles. The maximum atomic E-state index is 13.1. The van der Waals surface area contributed by atoms with Gasteiger partial charge >= 0.3 is 0 Å². The van der Waals surface area contributed by atoms with E-state index in [4.69, 9.17) is 4.74 Å². The summed E-state index contributed by atoms with van der Waals surface area (Å²) in [6.45, 7) is 5.16. The minimum Gasteiger partial charge on any atom is -0.495 e. The average molecular weight is 439 g/mol. The molecule has 0 radical (unpaired) electrons. The predicted molar refractivity (Wildman–Crippen MR) is 121 cm³/mol. The molecule has 0 atom stereocenters. The second-order valence-corrected chi connectivity index (χ2v) is 9.69. The lowest BCUT2D eigenvalue weighted by molar-refractivity contribution is 0.398. The number of anilines is 2. The number of hydrogen-bond donors (Lipinski definition) is 1. The van der Waals surface area contributed by atoms with Crippen molar-refractivity contribution in [1.82, 2.24) is 14.5 Å². The van der Waals surface area contributed by atoms with Crippen LogP contribution in [0.25, 0.3) is 11.3 Å². The second-order valence-electron chi connectivity index (χ2n) is 7.78. The molecular weight excluding hydrogens is 412 g/mol. The zero-order chi connectivity index (χ0) is 22.0. The van der Waals surface area contributed by atoms with E-state index in [9.17, 15) is 8.42 Å². The van der Waals surface area contributed by atoms with E-state index in [-0.39, 0.29) is 4.90 Å². The Morgan fingerprint density at radius 2 is 1.65 bits per heavy atom. The lowest BCUT2D eigenvalue weighted by Gasteiger charge is -2.18. The Hall–Kier alpha value is -2.97. The van der Waals surface area contributed by atoms with Crippen LogP contribution in [0.4, 0.5) is 11.5 Å². The summed E-state index contributed by atoms with van der Waals surface area (Å²) in [4.78, 5) is 0.161. The number of methoxy groups -OCH3 is 1. The highest BCUT2D eigenvalue weighted by Gasteiger charge is 2.30. The van der Waals surface area contributed by atoms with Gasteiger partial charge in [0, 0.05) is 24.3 Å². The van der Waals surface area contributed by atoms with Crippen LogP contribution in [0.3, 0.4) is 0 Å². The van der Waals surface area contributed by atoms with Crippen LogP contribution in [0.5, 0.6) is 5.75 Å². The number of rotatable bonds is 6. The van der Waals surface area contributed by atoms with E-state index in [0.717, 1.165) is 29.7 Å². The summed E-state index contributed by atoms with van der Waals surface area (Å²) in [5.74, 6) is 0.948. The molecule has 1 N–H and O–H groups in total. The molecule has 0 amide bonds. The molecule has 0 bridgehead atoms. The van der Waals surface area contributed by atoms with Gasteiger partial charge in [0.2, 0.25) is 10.0 Å². The summed E-state index contributed by atoms with van der Waals surface area (Å²) in [7, 11) is -2.14. The first kappa shape index (κ1) is 21.3. The molecule has 1 aliphatic heterocycles. The number of aryl methyl sites for hydroxylation is 2. The van der Waals surface area contributed by atoms with E-state index in [1.54, 1.807) is 18.2 Å². The van der Waals surface area contributed by atoms with Crippen molar-refractivity contribution in [2.24, 2.45) is 0 Å². The SMILES string of the molecule is COc1ccc(-c2ccc(Nc3cc(C)cc(C)c3)nn2)cc1S(=O)(=O)N1CCCC1. The van der Waals surface area contributed by atoms with Crippen molar-refractivity contribution in [1.29, 1.82) is 0 Å². The molecule has 0 unspecified atom stereocenters. The van der Waals surface area contributed by atoms with Crippen molar-refractivity contribution in [3.05, 3.63) is 59.7 Å². The first-order valence-electron chi connectivity index (χ1n) is 10.2. The van der Waals surface area contributed by atoms with Gasteiger partial charge in [0.05, 0.1) is 12.8 Å². The van der Waals surface area contributed by atoms with Gasteiger partial charge in [0.1, 0.15) is 10.6 Å². The Morgan fingerprint density at radius 3 is 2.26 bits per heavy atom. The van der Waals surface area contributed by atoms with Crippen LogP contribution < -0.4 is 10.1 Å². The van der Waals surface area contributed by atoms with Crippen LogP contribution in [0.2, 0.25) is 0 Å². The van der Waals surface area contributed by atoms with Crippen molar-refractivity contribution in [3.63, 3.8) is 0 Å². The molecule has 1 aromatic heterocycles. The van der Waals surface area contributed by atoms with Gasteiger partial charge in [-0.25, -0.2) is 8.42 Å². The largest absolute Gasteiger partial charge is 0.495 e. The minimum absolute atomic E-state index is 0.161. The van der Waals surface area contributed by atoms with E-state index < -0.39 is 10.0 Å². The smallest absolute Gasteiger partial charge is 0.246 e. The van der Waals surface area contributed by atoms with E-state index >= 15 is 0 Å². The maximum absolute atomic E-state index is 13.1. The van der Waals surface area contributed by atoms with Crippen molar-refractivity contribution < 1.29 is 13.2 Å². The second kappa shape index (κ2) is 8.64. The number of benzene rings is 2. The quantitative estimate of drug-likeness (QED) is 0.618. The van der Waals surface area contributed by atoms with Crippen LogP contribution in [0.1, 0.15) is 24.0 Å². The fourth-order valence-electron chi connectivity index (χ4n) is 3.85. The van der Waals surface area contributed by atoms with Crippen LogP contribution in [-0.4, -0.2) is 43.1 Å². The number of aromatic nitrogens is 2. The van der Waals surface area contributed by atoms with Gasteiger partial charge in [-0.15, -0.1) is 10.2 Å². The molecule has 1 fully saturated rings. The van der Waals surface area contributed by atoms with E-state index in [0.29, 0.717) is 35.9 Å². The number of nitrogens with zero attached hydrogens (tertiary/aromatic N) is 3. The summed E-state index contributed by atoms with van der Waals surface area (Å²) < 4.78 is 33.1. The summed E-state index contributed by atoms with van der Waals surface area (Å²) in [6, 6.07) is 14.9. The number of nitrogens with one attached hydrogen (secondary N) is 1. The van der Waals surface area contributed by atoms with Gasteiger partial charge in [-0.1, -0.05) is 6.07 Å². The van der Waals surface area contributed by atoms with Crippen LogP contribution in [-0.2, 0) is 10.0 Å². The van der Waals surface area contributed by atoms with E-state index in [1.165, 1.54) is 11.4 Å². The van der Waals surface area contributed by atoms with Gasteiger partial charge in [0.15, 0.2) is 5.82 Å². The molecule has 162 valence electrons. The van der Waals surface area contributed by atoms with Gasteiger partial charge in [-0.05, 0) is 80.3 Å². The molecule has 8 heteroatoms. The first-order chi connectivity index (χ1) is 14.9. The van der Waals surface area contributed by atoms with E-state index in [2.05, 4.69) is 21.6 Å². The van der Waals surface area contributed by atoms with Crippen LogP contribution in [0, 0.1) is 13.8 Å². The molecular formula is C23H26N4O3S. The van der Waals surface area contributed by atoms with Gasteiger partial charge in [0.25, 0.3) is 0 Å². The Labute approximate surface area is 183 Å². The summed E-state index contributed by atoms with van der Waals surface area (Å²) >= 11 is 0. The molecule has 2 aromatic carbocycles. The first-order valence-corrected chi connectivity index (χ1v) is 11.7. The molecule has 4 rings (SSSR count). The lowest BCUT2D eigenvalue weighted by atomic mass is 10.1. The number of hydrogen-bond acceptors (Lipinski definition) is 6. The Bertz CT molecular complexity index is 1170. The third-order valence-corrected chi connectivity index (χ3v) is 7.22. The monoisotopic (exact) mass is 438 g/mol. The zero-order valence-electron chi connectivity index (χ0n) is 17.9. The Balaban J connectivity index is 1.62. The highest BCUT2D eigenvalue weighted by Crippen LogP contribution is 2.32. The molecule has 7 nitrogen and oxygen atoms in total. The van der Waals surface area contributed by atoms with Crippen molar-refractivity contribution in [3.8, 4) is 17.0 Å². The Kier molecular flexibility index (Phi) is 5.93. The van der Waals surface area contributed by atoms with E-state index in [1.807, 2.05) is 38.1 Å². The Morgan fingerprint density at radius 1 is 0.935 bits per heavy atom. The molecule has 1 saturated heterocycles. The lowest BCUT2D eigenvalue weighted by Crippen LogP contribution is -2.28. The molecule has 1 aliphatic rings. The van der Waals surface area contributed by atoms with Crippen molar-refractivity contribution >= 4 is 21.5 Å². The highest BCUT2D eigenvalue weighted by atomic mass is 32.2. The third kappa shape index (κ3) is 4.55. The molecule has 3 aromatic rings. The topological polar surface area (TPSA) is 84.4 Å². The molecule has 0 aliphatic carbocycles. The fourth-order valence-corrected chi connectivity index (χ4v) is 5.55. The highest BCUT2D eigenvalue weighted by molar-refractivity contribution is 7.89. The standard InChI is InChI=1S/C23H26N4O3S/c1-16-12-17(2)14-19(13-16)24-23-9-7-20(25-26-23)18-6-8-21(30-3)22(15-18)31(28,29)27-10-4-5-11-27/h6-9,12-15H,4-5,10-11H2,1-3H3,(H,24,26). The van der Waals surface area contributed by atoms with Crippen molar-refractivity contribution in [2.45, 2.75) is 31.6 Å². The minimum atomic E-state index is -3.62. The van der Waals surface area contributed by atoms with Crippen LogP contribution >= 0.6 is 0 Å². The van der Waals surface area contributed by atoms with Gasteiger partial charge < -0.3 is 10.1 Å². The van der Waals surface area contributed by atoms with Crippen LogP contribution in [0.15, 0.2) is 53.4 Å². The molecule has 31 heavy (non-hydrogen) atoms. The molecule has 0 saturated carbocycles. The normalized spacial score (nSPS) is 14.5. The zero-order valence-corrected chi connectivity index (χ0v) is 18.7. The summed E-state index contributed by atoms with van der Waals surface area (Å²) in [5.41, 5.74) is 4.53. The third-order valence-electron chi connectivity index (χ3n) is 5.30. The summed E-state index contributed by atoms with van der Waals surface area (Å²) in [6.07, 6.45) is 1.75. The predicted octanol–water partition coefficient (Wildman–Crippen LogP) is 4.30. The van der Waals surface area contributed by atoms with Gasteiger partial charge in [-0.3, -0.25) is 0 Å². The van der Waals surface area contributed by atoms with Gasteiger partial charge in [-0.2, -0.15) is 4.31 Å². The number of sulfonamides is 1. The maximum Gasteiger partial charge on any atom is 0.246 e.